The fraction of sp³-hybridized carbons (Fsp3) is 0.222. The molecule has 0 bridgehead atoms. The largest absolute Gasteiger partial charge is 0.463 e. The number of hydrogen-bond acceptors (Lipinski definition) is 4. The monoisotopic (exact) mass is 310 g/mol. The van der Waals surface area contributed by atoms with Crippen LogP contribution in [0.1, 0.15) is 15.9 Å². The maximum atomic E-state index is 12.5. The summed E-state index contributed by atoms with van der Waals surface area (Å²) in [6.07, 6.45) is 1.59. The topological polar surface area (TPSA) is 64.4 Å². The van der Waals surface area contributed by atoms with Gasteiger partial charge in [0.25, 0.3) is 5.91 Å². The Kier molecular flexibility index (Phi) is 4.39. The van der Waals surface area contributed by atoms with E-state index in [1.807, 2.05) is 31.2 Å². The smallest absolute Gasteiger partial charge is 0.252 e. The average Bonchev–Trinajstić information content (AvgIpc) is 3.08. The summed E-state index contributed by atoms with van der Waals surface area (Å²) < 4.78 is 10.4. The molecule has 0 aliphatic carbocycles. The number of amides is 1. The number of nitrogens with zero attached hydrogens (tertiary/aromatic N) is 1. The molecule has 5 heteroatoms. The third-order valence-electron chi connectivity index (χ3n) is 3.57. The van der Waals surface area contributed by atoms with E-state index in [-0.39, 0.29) is 5.91 Å². The minimum Gasteiger partial charge on any atom is -0.463 e. The molecule has 0 radical (unpaired) electrons. The van der Waals surface area contributed by atoms with E-state index in [9.17, 15) is 4.79 Å². The maximum Gasteiger partial charge on any atom is 0.252 e. The van der Waals surface area contributed by atoms with Crippen molar-refractivity contribution in [3.8, 4) is 11.5 Å². The van der Waals surface area contributed by atoms with Crippen LogP contribution in [0.2, 0.25) is 0 Å². The SMILES string of the molecule is COCCNC(=O)c1cc(-c2ccco2)nc2ccc(C)cc12. The number of ether oxygens (including phenoxy) is 1. The number of pyridine rings is 1. The number of nitrogens with one attached hydrogen (secondary N) is 1. The van der Waals surface area contributed by atoms with E-state index in [0.717, 1.165) is 16.5 Å². The van der Waals surface area contributed by atoms with Gasteiger partial charge in [-0.1, -0.05) is 11.6 Å². The molecule has 0 aliphatic heterocycles. The highest BCUT2D eigenvalue weighted by Gasteiger charge is 2.15. The fourth-order valence-corrected chi connectivity index (χ4v) is 2.44. The van der Waals surface area contributed by atoms with Crippen molar-refractivity contribution < 1.29 is 13.9 Å². The number of hydrogen-bond donors (Lipinski definition) is 1. The van der Waals surface area contributed by atoms with Crippen molar-refractivity contribution in [3.63, 3.8) is 0 Å². The Morgan fingerprint density at radius 3 is 2.91 bits per heavy atom. The number of rotatable bonds is 5. The quantitative estimate of drug-likeness (QED) is 0.735. The van der Waals surface area contributed by atoms with Crippen LogP contribution in [0.3, 0.4) is 0 Å². The lowest BCUT2D eigenvalue weighted by Crippen LogP contribution is -2.27. The number of aromatic nitrogens is 1. The van der Waals surface area contributed by atoms with Gasteiger partial charge in [-0.15, -0.1) is 0 Å². The molecule has 1 amide bonds. The molecule has 2 heterocycles. The summed E-state index contributed by atoms with van der Waals surface area (Å²) in [6, 6.07) is 11.3. The summed E-state index contributed by atoms with van der Waals surface area (Å²) in [5.74, 6) is 0.492. The van der Waals surface area contributed by atoms with E-state index in [4.69, 9.17) is 9.15 Å². The average molecular weight is 310 g/mol. The lowest BCUT2D eigenvalue weighted by atomic mass is 10.0. The molecule has 2 aromatic heterocycles. The minimum atomic E-state index is -0.146. The van der Waals surface area contributed by atoms with Gasteiger partial charge in [0.15, 0.2) is 5.76 Å². The molecule has 0 aliphatic rings. The van der Waals surface area contributed by atoms with E-state index >= 15 is 0 Å². The summed E-state index contributed by atoms with van der Waals surface area (Å²) in [5.41, 5.74) is 3.07. The van der Waals surface area contributed by atoms with Crippen LogP contribution in [0.4, 0.5) is 0 Å². The van der Waals surface area contributed by atoms with Crippen molar-refractivity contribution in [3.05, 3.63) is 53.8 Å². The van der Waals surface area contributed by atoms with E-state index < -0.39 is 0 Å². The van der Waals surface area contributed by atoms with Crippen LogP contribution in [0.5, 0.6) is 0 Å². The van der Waals surface area contributed by atoms with Crippen molar-refractivity contribution in [2.45, 2.75) is 6.92 Å². The van der Waals surface area contributed by atoms with E-state index in [1.165, 1.54) is 0 Å². The zero-order valence-electron chi connectivity index (χ0n) is 13.1. The van der Waals surface area contributed by atoms with Crippen LogP contribution < -0.4 is 5.32 Å². The Bertz CT molecular complexity index is 826. The minimum absolute atomic E-state index is 0.146. The number of benzene rings is 1. The molecular weight excluding hydrogens is 292 g/mol. The van der Waals surface area contributed by atoms with E-state index in [0.29, 0.717) is 30.2 Å². The van der Waals surface area contributed by atoms with Crippen LogP contribution in [0.25, 0.3) is 22.4 Å². The lowest BCUT2D eigenvalue weighted by molar-refractivity contribution is 0.0938. The molecule has 0 fully saturated rings. The third-order valence-corrected chi connectivity index (χ3v) is 3.57. The first kappa shape index (κ1) is 15.2. The summed E-state index contributed by atoms with van der Waals surface area (Å²) in [4.78, 5) is 17.1. The van der Waals surface area contributed by atoms with Crippen LogP contribution >= 0.6 is 0 Å². The van der Waals surface area contributed by atoms with Crippen molar-refractivity contribution in [2.75, 3.05) is 20.3 Å². The van der Waals surface area contributed by atoms with Crippen molar-refractivity contribution in [1.82, 2.24) is 10.3 Å². The third kappa shape index (κ3) is 3.24. The van der Waals surface area contributed by atoms with Gasteiger partial charge in [-0.3, -0.25) is 4.79 Å². The first-order valence-corrected chi connectivity index (χ1v) is 7.41. The Balaban J connectivity index is 2.08. The second-order valence-electron chi connectivity index (χ2n) is 5.30. The van der Waals surface area contributed by atoms with Crippen LogP contribution in [-0.4, -0.2) is 31.2 Å². The molecule has 0 saturated carbocycles. The zero-order valence-corrected chi connectivity index (χ0v) is 13.1. The van der Waals surface area contributed by atoms with Gasteiger partial charge < -0.3 is 14.5 Å². The van der Waals surface area contributed by atoms with Gasteiger partial charge in [-0.25, -0.2) is 4.98 Å². The van der Waals surface area contributed by atoms with Gasteiger partial charge in [-0.2, -0.15) is 0 Å². The fourth-order valence-electron chi connectivity index (χ4n) is 2.44. The molecule has 118 valence electrons. The predicted molar refractivity (Wildman–Crippen MR) is 88.4 cm³/mol. The van der Waals surface area contributed by atoms with Gasteiger partial charge >= 0.3 is 0 Å². The van der Waals surface area contributed by atoms with Gasteiger partial charge in [0.05, 0.1) is 24.0 Å². The maximum absolute atomic E-state index is 12.5. The summed E-state index contributed by atoms with van der Waals surface area (Å²) >= 11 is 0. The van der Waals surface area contributed by atoms with E-state index in [1.54, 1.807) is 25.5 Å². The molecule has 5 nitrogen and oxygen atoms in total. The van der Waals surface area contributed by atoms with Gasteiger partial charge in [-0.05, 0) is 37.3 Å². The number of carbonyl (C=O) groups excluding carboxylic acids is 1. The molecule has 1 N–H and O–H groups in total. The first-order valence-electron chi connectivity index (χ1n) is 7.41. The van der Waals surface area contributed by atoms with Gasteiger partial charge in [0.2, 0.25) is 0 Å². The zero-order chi connectivity index (χ0) is 16.2. The Morgan fingerprint density at radius 2 is 2.17 bits per heavy atom. The molecule has 0 spiro atoms. The number of fused-ring (bicyclic) bond motifs is 1. The Hall–Kier alpha value is -2.66. The van der Waals surface area contributed by atoms with Crippen molar-refractivity contribution in [1.29, 1.82) is 0 Å². The number of methoxy groups -OCH3 is 1. The molecule has 0 atom stereocenters. The molecule has 3 aromatic rings. The Labute approximate surface area is 134 Å². The second kappa shape index (κ2) is 6.62. The number of furan rings is 1. The summed E-state index contributed by atoms with van der Waals surface area (Å²) in [7, 11) is 1.60. The second-order valence-corrected chi connectivity index (χ2v) is 5.30. The van der Waals surface area contributed by atoms with Crippen molar-refractivity contribution >= 4 is 16.8 Å². The molecule has 1 aromatic carbocycles. The van der Waals surface area contributed by atoms with Gasteiger partial charge in [0.1, 0.15) is 5.69 Å². The van der Waals surface area contributed by atoms with Crippen molar-refractivity contribution in [2.24, 2.45) is 0 Å². The predicted octanol–water partition coefficient (Wildman–Crippen LogP) is 3.18. The van der Waals surface area contributed by atoms with E-state index in [2.05, 4.69) is 10.3 Å². The standard InChI is InChI=1S/C18H18N2O3/c1-12-5-6-15-13(10-12)14(18(21)19-7-9-22-2)11-16(20-15)17-4-3-8-23-17/h3-6,8,10-11H,7,9H2,1-2H3,(H,19,21). The van der Waals surface area contributed by atoms with Crippen LogP contribution in [-0.2, 0) is 4.74 Å². The molecule has 0 saturated heterocycles. The number of aryl methyl sites for hydroxylation is 1. The highest BCUT2D eigenvalue weighted by atomic mass is 16.5. The molecule has 0 unspecified atom stereocenters. The summed E-state index contributed by atoms with van der Waals surface area (Å²) in [6.45, 7) is 2.92. The highest BCUT2D eigenvalue weighted by molar-refractivity contribution is 6.07. The summed E-state index contributed by atoms with van der Waals surface area (Å²) in [5, 5.41) is 3.69. The highest BCUT2D eigenvalue weighted by Crippen LogP contribution is 2.26. The first-order chi connectivity index (χ1) is 11.2. The normalized spacial score (nSPS) is 10.9. The molecule has 23 heavy (non-hydrogen) atoms. The lowest BCUT2D eigenvalue weighted by Gasteiger charge is -2.10. The molecule has 3 rings (SSSR count). The van der Waals surface area contributed by atoms with Crippen LogP contribution in [0.15, 0.2) is 47.1 Å². The molecular formula is C18H18N2O3. The Morgan fingerprint density at radius 1 is 1.30 bits per heavy atom. The number of carbonyl (C=O) groups is 1. The van der Waals surface area contributed by atoms with Crippen LogP contribution in [0, 0.1) is 6.92 Å². The van der Waals surface area contributed by atoms with Gasteiger partial charge in [0, 0.05) is 19.0 Å².